The van der Waals surface area contributed by atoms with Crippen molar-refractivity contribution in [2.45, 2.75) is 11.8 Å². The lowest BCUT2D eigenvalue weighted by Crippen LogP contribution is -2.13. The fourth-order valence-corrected chi connectivity index (χ4v) is 4.01. The highest BCUT2D eigenvalue weighted by molar-refractivity contribution is 9.11. The average molecular weight is 396 g/mol. The van der Waals surface area contributed by atoms with Crippen LogP contribution in [-0.2, 0) is 10.0 Å². The van der Waals surface area contributed by atoms with Crippen LogP contribution in [0.1, 0.15) is 5.69 Å². The second kappa shape index (κ2) is 5.02. The third kappa shape index (κ3) is 2.93. The lowest BCUT2D eigenvalue weighted by molar-refractivity contribution is 0.430. The summed E-state index contributed by atoms with van der Waals surface area (Å²) in [5.41, 5.74) is 0.600. The molecule has 0 saturated heterocycles. The summed E-state index contributed by atoms with van der Waals surface area (Å²) in [4.78, 5) is 0.125. The Labute approximate surface area is 121 Å². The van der Waals surface area contributed by atoms with Crippen LogP contribution in [0.4, 0.5) is 5.88 Å². The van der Waals surface area contributed by atoms with Crippen molar-refractivity contribution in [1.82, 2.24) is 5.16 Å². The molecule has 0 aliphatic rings. The number of aryl methyl sites for hydroxylation is 1. The van der Waals surface area contributed by atoms with Crippen LogP contribution in [0.5, 0.6) is 0 Å². The van der Waals surface area contributed by atoms with Gasteiger partial charge in [0.15, 0.2) is 0 Å². The van der Waals surface area contributed by atoms with E-state index in [-0.39, 0.29) is 10.8 Å². The van der Waals surface area contributed by atoms with Gasteiger partial charge in [0.2, 0.25) is 5.88 Å². The molecule has 1 N–H and O–H groups in total. The van der Waals surface area contributed by atoms with E-state index in [0.29, 0.717) is 10.2 Å². The van der Waals surface area contributed by atoms with Crippen LogP contribution in [0, 0.1) is 6.92 Å². The molecule has 0 atom stereocenters. The summed E-state index contributed by atoms with van der Waals surface area (Å²) in [6, 6.07) is 6.29. The van der Waals surface area contributed by atoms with Gasteiger partial charge in [0, 0.05) is 15.0 Å². The van der Waals surface area contributed by atoms with E-state index in [1.165, 1.54) is 12.1 Å². The van der Waals surface area contributed by atoms with Gasteiger partial charge in [-0.1, -0.05) is 21.1 Å². The highest BCUT2D eigenvalue weighted by Crippen LogP contribution is 2.27. The topological polar surface area (TPSA) is 72.2 Å². The molecule has 1 aromatic carbocycles. The second-order valence-corrected chi connectivity index (χ2v) is 6.93. The Hall–Kier alpha value is -0.860. The van der Waals surface area contributed by atoms with Gasteiger partial charge < -0.3 is 4.52 Å². The fraction of sp³-hybridized carbons (Fsp3) is 0.100. The van der Waals surface area contributed by atoms with E-state index >= 15 is 0 Å². The Morgan fingerprint density at radius 1 is 1.28 bits per heavy atom. The predicted octanol–water partition coefficient (Wildman–Crippen LogP) is 3.31. The summed E-state index contributed by atoms with van der Waals surface area (Å²) < 4.78 is 32.6. The zero-order chi connectivity index (χ0) is 13.3. The lowest BCUT2D eigenvalue weighted by atomic mass is 10.4. The highest BCUT2D eigenvalue weighted by atomic mass is 79.9. The summed E-state index contributed by atoms with van der Waals surface area (Å²) in [5, 5.41) is 3.61. The Bertz CT molecular complexity index is 682. The first-order chi connectivity index (χ1) is 8.38. The molecule has 2 aromatic rings. The van der Waals surface area contributed by atoms with Gasteiger partial charge in [-0.05, 0) is 41.1 Å². The van der Waals surface area contributed by atoms with Gasteiger partial charge in [0.25, 0.3) is 10.0 Å². The normalized spacial score (nSPS) is 11.5. The number of nitrogens with one attached hydrogen (secondary N) is 1. The number of rotatable bonds is 3. The molecule has 5 nitrogen and oxygen atoms in total. The first kappa shape index (κ1) is 13.6. The monoisotopic (exact) mass is 394 g/mol. The van der Waals surface area contributed by atoms with E-state index in [1.807, 2.05) is 0 Å². The molecule has 8 heteroatoms. The Balaban J connectivity index is 2.36. The van der Waals surface area contributed by atoms with E-state index < -0.39 is 10.0 Å². The van der Waals surface area contributed by atoms with Gasteiger partial charge in [0.05, 0.1) is 5.69 Å². The summed E-state index contributed by atoms with van der Waals surface area (Å²) >= 11 is 6.47. The standard InChI is InChI=1S/C10H8Br2N2O3S/c1-6-4-10(17-13-6)14-18(15,16)9-3-2-7(11)5-8(9)12/h2-5,14H,1H3. The van der Waals surface area contributed by atoms with Gasteiger partial charge >= 0.3 is 0 Å². The molecular formula is C10H8Br2N2O3S. The smallest absolute Gasteiger partial charge is 0.265 e. The Kier molecular flexibility index (Phi) is 3.79. The molecule has 0 unspecified atom stereocenters. The number of halogens is 2. The van der Waals surface area contributed by atoms with Gasteiger partial charge in [-0.3, -0.25) is 0 Å². The molecule has 0 amide bonds. The van der Waals surface area contributed by atoms with E-state index in [4.69, 9.17) is 4.52 Å². The lowest BCUT2D eigenvalue weighted by Gasteiger charge is -2.06. The number of aromatic nitrogens is 1. The summed E-state index contributed by atoms with van der Waals surface area (Å²) in [5.74, 6) is 0.0855. The van der Waals surface area contributed by atoms with Crippen LogP contribution in [-0.4, -0.2) is 13.6 Å². The number of hydrogen-bond acceptors (Lipinski definition) is 4. The molecule has 0 bridgehead atoms. The molecule has 0 radical (unpaired) electrons. The molecule has 2 rings (SSSR count). The van der Waals surface area contributed by atoms with Crippen molar-refractivity contribution in [1.29, 1.82) is 0 Å². The zero-order valence-corrected chi connectivity index (χ0v) is 13.1. The second-order valence-electron chi connectivity index (χ2n) is 3.51. The molecule has 0 saturated carbocycles. The maximum Gasteiger partial charge on any atom is 0.265 e. The number of nitrogens with zero attached hydrogens (tertiary/aromatic N) is 1. The molecule has 0 aliphatic carbocycles. The first-order valence-corrected chi connectivity index (χ1v) is 7.86. The van der Waals surface area contributed by atoms with Crippen molar-refractivity contribution >= 4 is 47.8 Å². The highest BCUT2D eigenvalue weighted by Gasteiger charge is 2.19. The molecule has 0 fully saturated rings. The molecule has 96 valence electrons. The zero-order valence-electron chi connectivity index (χ0n) is 9.15. The van der Waals surface area contributed by atoms with Crippen molar-refractivity contribution in [3.8, 4) is 0 Å². The van der Waals surface area contributed by atoms with Gasteiger partial charge in [-0.25, -0.2) is 13.1 Å². The SMILES string of the molecule is Cc1cc(NS(=O)(=O)c2ccc(Br)cc2Br)on1. The van der Waals surface area contributed by atoms with Gasteiger partial charge in [-0.15, -0.1) is 0 Å². The molecular weight excluding hydrogens is 388 g/mol. The third-order valence-electron chi connectivity index (χ3n) is 2.05. The van der Waals surface area contributed by atoms with Crippen LogP contribution in [0.2, 0.25) is 0 Å². The number of hydrogen-bond donors (Lipinski definition) is 1. The maximum atomic E-state index is 12.1. The predicted molar refractivity (Wildman–Crippen MR) is 73.9 cm³/mol. The Morgan fingerprint density at radius 3 is 2.56 bits per heavy atom. The molecule has 1 heterocycles. The average Bonchev–Trinajstić information content (AvgIpc) is 2.62. The first-order valence-electron chi connectivity index (χ1n) is 4.80. The van der Waals surface area contributed by atoms with Crippen LogP contribution in [0.25, 0.3) is 0 Å². The molecule has 0 spiro atoms. The van der Waals surface area contributed by atoms with E-state index in [0.717, 1.165) is 4.47 Å². The van der Waals surface area contributed by atoms with E-state index in [9.17, 15) is 8.42 Å². The van der Waals surface area contributed by atoms with E-state index in [1.54, 1.807) is 19.1 Å². The molecule has 18 heavy (non-hydrogen) atoms. The van der Waals surface area contributed by atoms with Crippen LogP contribution >= 0.6 is 31.9 Å². The van der Waals surface area contributed by atoms with Crippen molar-refractivity contribution in [3.63, 3.8) is 0 Å². The van der Waals surface area contributed by atoms with Crippen molar-refractivity contribution < 1.29 is 12.9 Å². The fourth-order valence-electron chi connectivity index (χ4n) is 1.29. The quantitative estimate of drug-likeness (QED) is 0.865. The number of sulfonamides is 1. The minimum absolute atomic E-state index is 0.0855. The third-order valence-corrected chi connectivity index (χ3v) is 4.86. The summed E-state index contributed by atoms with van der Waals surface area (Å²) in [6.45, 7) is 1.71. The molecule has 1 aromatic heterocycles. The molecule has 0 aliphatic heterocycles. The van der Waals surface area contributed by atoms with Crippen molar-refractivity contribution in [3.05, 3.63) is 38.9 Å². The minimum atomic E-state index is -3.70. The summed E-state index contributed by atoms with van der Waals surface area (Å²) in [7, 11) is -3.70. The van der Waals surface area contributed by atoms with Crippen LogP contribution in [0.3, 0.4) is 0 Å². The maximum absolute atomic E-state index is 12.1. The van der Waals surface area contributed by atoms with Crippen molar-refractivity contribution in [2.75, 3.05) is 4.72 Å². The minimum Gasteiger partial charge on any atom is -0.338 e. The van der Waals surface area contributed by atoms with Crippen LogP contribution in [0.15, 0.2) is 42.6 Å². The van der Waals surface area contributed by atoms with Gasteiger partial charge in [0.1, 0.15) is 4.90 Å². The van der Waals surface area contributed by atoms with Gasteiger partial charge in [-0.2, -0.15) is 0 Å². The largest absolute Gasteiger partial charge is 0.338 e. The number of anilines is 1. The summed E-state index contributed by atoms with van der Waals surface area (Å²) in [6.07, 6.45) is 0. The van der Waals surface area contributed by atoms with E-state index in [2.05, 4.69) is 41.7 Å². The Morgan fingerprint density at radius 2 is 2.00 bits per heavy atom. The number of benzene rings is 1. The van der Waals surface area contributed by atoms with Crippen molar-refractivity contribution in [2.24, 2.45) is 0 Å². The van der Waals surface area contributed by atoms with Crippen LogP contribution < -0.4 is 4.72 Å².